The maximum atomic E-state index is 13.6. The van der Waals surface area contributed by atoms with Crippen LogP contribution in [-0.2, 0) is 21.9 Å². The number of aliphatic hydroxyl groups excluding tert-OH is 1. The van der Waals surface area contributed by atoms with E-state index in [4.69, 9.17) is 4.74 Å². The number of nitrogens with zero attached hydrogens (tertiary/aromatic N) is 4. The van der Waals surface area contributed by atoms with Gasteiger partial charge in [-0.25, -0.2) is 0 Å². The molecule has 6 rings (SSSR count). The minimum atomic E-state index is -1.18. The molecule has 1 aliphatic heterocycles. The minimum Gasteiger partial charge on any atom is -0.507 e. The van der Waals surface area contributed by atoms with E-state index in [2.05, 4.69) is 10.2 Å². The summed E-state index contributed by atoms with van der Waals surface area (Å²) in [5, 5.41) is 31.7. The predicted octanol–water partition coefficient (Wildman–Crippen LogP) is 7.25. The van der Waals surface area contributed by atoms with Crippen LogP contribution in [0.5, 0.6) is 5.75 Å². The molecule has 4 aromatic carbocycles. The van der Waals surface area contributed by atoms with Gasteiger partial charge in [-0.15, -0.1) is 10.2 Å². The van der Waals surface area contributed by atoms with E-state index in [-0.39, 0.29) is 27.5 Å². The second kappa shape index (κ2) is 13.3. The Morgan fingerprint density at radius 2 is 1.70 bits per heavy atom. The molecule has 0 radical (unpaired) electrons. The standard InChI is InChI=1S/C34H26N4O6S2/c1-21-7-5-10-23(17-21)19-44-27-15-13-24(14-16-27)30(39)28-29(25-11-6-12-26(18-25)38(42)43)37(32(41)31(28)40)33-35-36-34(46-33)45-20-22-8-3-2-4-9-22/h2-18,29,39H,19-20H2,1H3/b30-28+. The molecule has 0 saturated carbocycles. The van der Waals surface area contributed by atoms with Gasteiger partial charge in [-0.3, -0.25) is 24.6 Å². The monoisotopic (exact) mass is 650 g/mol. The average molecular weight is 651 g/mol. The maximum Gasteiger partial charge on any atom is 0.301 e. The molecular weight excluding hydrogens is 625 g/mol. The Hall–Kier alpha value is -5.33. The molecule has 2 heterocycles. The van der Waals surface area contributed by atoms with Gasteiger partial charge in [0.05, 0.1) is 16.5 Å². The third-order valence-electron chi connectivity index (χ3n) is 7.26. The van der Waals surface area contributed by atoms with E-state index in [9.17, 15) is 24.8 Å². The highest BCUT2D eigenvalue weighted by molar-refractivity contribution is 8.00. The van der Waals surface area contributed by atoms with Crippen molar-refractivity contribution in [3.63, 3.8) is 0 Å². The Kier molecular flexibility index (Phi) is 8.90. The Labute approximate surface area is 272 Å². The summed E-state index contributed by atoms with van der Waals surface area (Å²) in [6.07, 6.45) is 0. The number of ether oxygens (including phenoxy) is 1. The van der Waals surface area contributed by atoms with E-state index in [0.717, 1.165) is 32.9 Å². The average Bonchev–Trinajstić information content (AvgIpc) is 3.65. The molecule has 1 aliphatic rings. The normalized spacial score (nSPS) is 15.7. The number of carbonyl (C=O) groups is 2. The van der Waals surface area contributed by atoms with Gasteiger partial charge in [-0.2, -0.15) is 0 Å². The first kappa shape index (κ1) is 30.7. The molecule has 5 aromatic rings. The van der Waals surface area contributed by atoms with Gasteiger partial charge < -0.3 is 9.84 Å². The van der Waals surface area contributed by atoms with Crippen molar-refractivity contribution in [1.29, 1.82) is 0 Å². The van der Waals surface area contributed by atoms with Crippen molar-refractivity contribution in [3.8, 4) is 5.75 Å². The molecule has 1 unspecified atom stereocenters. The number of benzene rings is 4. The second-order valence-corrected chi connectivity index (χ2v) is 12.6. The van der Waals surface area contributed by atoms with Crippen LogP contribution in [0.2, 0.25) is 0 Å². The Morgan fingerprint density at radius 3 is 2.43 bits per heavy atom. The number of aliphatic hydroxyl groups is 1. The van der Waals surface area contributed by atoms with Crippen molar-refractivity contribution >= 4 is 51.4 Å². The number of rotatable bonds is 10. The lowest BCUT2D eigenvalue weighted by Crippen LogP contribution is -2.29. The smallest absolute Gasteiger partial charge is 0.301 e. The molecular formula is C34H26N4O6S2. The number of Topliss-reactive ketones (excluding diaryl/α,β-unsaturated/α-hetero) is 1. The molecule has 1 amide bonds. The van der Waals surface area contributed by atoms with Crippen molar-refractivity contribution in [2.24, 2.45) is 0 Å². The summed E-state index contributed by atoms with van der Waals surface area (Å²) in [7, 11) is 0. The van der Waals surface area contributed by atoms with Crippen LogP contribution in [0.1, 0.15) is 33.9 Å². The predicted molar refractivity (Wildman–Crippen MR) is 176 cm³/mol. The van der Waals surface area contributed by atoms with Crippen molar-refractivity contribution < 1.29 is 24.4 Å². The zero-order valence-electron chi connectivity index (χ0n) is 24.4. The van der Waals surface area contributed by atoms with Crippen LogP contribution in [0.15, 0.2) is 113 Å². The van der Waals surface area contributed by atoms with E-state index >= 15 is 0 Å². The number of aromatic nitrogens is 2. The van der Waals surface area contributed by atoms with Gasteiger partial charge in [0.1, 0.15) is 18.1 Å². The first-order valence-electron chi connectivity index (χ1n) is 14.1. The van der Waals surface area contributed by atoms with Gasteiger partial charge in [-0.05, 0) is 47.9 Å². The summed E-state index contributed by atoms with van der Waals surface area (Å²) in [5.74, 6) is -1.13. The number of thioether (sulfide) groups is 1. The van der Waals surface area contributed by atoms with E-state index in [0.29, 0.717) is 22.4 Å². The fourth-order valence-electron chi connectivity index (χ4n) is 5.06. The highest BCUT2D eigenvalue weighted by Crippen LogP contribution is 2.44. The van der Waals surface area contributed by atoms with E-state index in [1.807, 2.05) is 61.5 Å². The lowest BCUT2D eigenvalue weighted by Gasteiger charge is -2.22. The fraction of sp³-hybridized carbons (Fsp3) is 0.118. The number of nitro benzene ring substituents is 1. The number of hydrogen-bond acceptors (Lipinski definition) is 10. The lowest BCUT2D eigenvalue weighted by atomic mass is 9.95. The highest BCUT2D eigenvalue weighted by atomic mass is 32.2. The topological polar surface area (TPSA) is 136 Å². The third kappa shape index (κ3) is 6.53. The summed E-state index contributed by atoms with van der Waals surface area (Å²) in [5.41, 5.74) is 3.29. The molecule has 0 bridgehead atoms. The van der Waals surface area contributed by atoms with Crippen LogP contribution in [0, 0.1) is 17.0 Å². The molecule has 1 N–H and O–H groups in total. The van der Waals surface area contributed by atoms with E-state index in [1.165, 1.54) is 30.0 Å². The van der Waals surface area contributed by atoms with Crippen LogP contribution in [0.25, 0.3) is 5.76 Å². The van der Waals surface area contributed by atoms with E-state index in [1.54, 1.807) is 30.3 Å². The van der Waals surface area contributed by atoms with E-state index < -0.39 is 28.4 Å². The highest BCUT2D eigenvalue weighted by Gasteiger charge is 2.48. The van der Waals surface area contributed by atoms with Crippen LogP contribution in [0.3, 0.4) is 0 Å². The lowest BCUT2D eigenvalue weighted by molar-refractivity contribution is -0.384. The Balaban J connectivity index is 1.33. The van der Waals surface area contributed by atoms with Gasteiger partial charge >= 0.3 is 5.91 Å². The number of ketones is 1. The van der Waals surface area contributed by atoms with Crippen molar-refractivity contribution in [1.82, 2.24) is 10.2 Å². The molecule has 230 valence electrons. The van der Waals surface area contributed by atoms with Crippen LogP contribution in [0.4, 0.5) is 10.8 Å². The largest absolute Gasteiger partial charge is 0.507 e. The zero-order chi connectivity index (χ0) is 32.2. The summed E-state index contributed by atoms with van der Waals surface area (Å²) in [6.45, 7) is 2.35. The molecule has 1 aromatic heterocycles. The molecule has 12 heteroatoms. The molecule has 0 aliphatic carbocycles. The molecule has 0 spiro atoms. The van der Waals surface area contributed by atoms with Gasteiger partial charge in [0, 0.05) is 23.4 Å². The first-order chi connectivity index (χ1) is 22.3. The summed E-state index contributed by atoms with van der Waals surface area (Å²) < 4.78 is 6.46. The molecule has 1 saturated heterocycles. The SMILES string of the molecule is Cc1cccc(COc2ccc(/C(O)=C3\C(=O)C(=O)N(c4nnc(SCc5ccccc5)s4)C3c3cccc([N+](=O)[O-])c3)cc2)c1. The Morgan fingerprint density at radius 1 is 0.957 bits per heavy atom. The number of carbonyl (C=O) groups excluding carboxylic acids is 2. The number of aryl methyl sites for hydroxylation is 1. The number of anilines is 1. The van der Waals surface area contributed by atoms with Crippen molar-refractivity contribution in [2.75, 3.05) is 4.90 Å². The Bertz CT molecular complexity index is 1960. The number of nitro groups is 1. The van der Waals surface area contributed by atoms with Crippen molar-refractivity contribution in [2.45, 2.75) is 29.7 Å². The first-order valence-corrected chi connectivity index (χ1v) is 15.9. The number of non-ortho nitro benzene ring substituents is 1. The number of hydrogen-bond donors (Lipinski definition) is 1. The van der Waals surface area contributed by atoms with Crippen molar-refractivity contribution in [3.05, 3.63) is 147 Å². The number of amides is 1. The summed E-state index contributed by atoms with van der Waals surface area (Å²) in [6, 6.07) is 28.6. The van der Waals surface area contributed by atoms with Crippen LogP contribution < -0.4 is 9.64 Å². The summed E-state index contributed by atoms with van der Waals surface area (Å²) >= 11 is 2.55. The van der Waals surface area contributed by atoms with Gasteiger partial charge in [-0.1, -0.05) is 95.4 Å². The fourth-order valence-corrected chi connectivity index (χ4v) is 6.89. The summed E-state index contributed by atoms with van der Waals surface area (Å²) in [4.78, 5) is 39.3. The zero-order valence-corrected chi connectivity index (χ0v) is 26.0. The second-order valence-electron chi connectivity index (χ2n) is 10.4. The maximum absolute atomic E-state index is 13.6. The van der Waals surface area contributed by atoms with Gasteiger partial charge in [0.15, 0.2) is 4.34 Å². The quantitative estimate of drug-likeness (QED) is 0.0315. The molecule has 46 heavy (non-hydrogen) atoms. The van der Waals surface area contributed by atoms with Gasteiger partial charge in [0.25, 0.3) is 11.5 Å². The molecule has 1 fully saturated rings. The molecule has 10 nitrogen and oxygen atoms in total. The van der Waals surface area contributed by atoms with Crippen LogP contribution >= 0.6 is 23.1 Å². The third-order valence-corrected chi connectivity index (χ3v) is 9.39. The molecule has 1 atom stereocenters. The minimum absolute atomic E-state index is 0.133. The van der Waals surface area contributed by atoms with Gasteiger partial charge in [0.2, 0.25) is 5.13 Å². The van der Waals surface area contributed by atoms with Crippen LogP contribution in [-0.4, -0.2) is 31.9 Å².